The summed E-state index contributed by atoms with van der Waals surface area (Å²) in [7, 11) is 3.73. The maximum absolute atomic E-state index is 5.21. The van der Waals surface area contributed by atoms with Crippen LogP contribution in [0.15, 0.2) is 36.7 Å². The minimum absolute atomic E-state index is 0.617. The topological polar surface area (TPSA) is 59.3 Å². The molecule has 1 aliphatic rings. The van der Waals surface area contributed by atoms with E-state index in [-0.39, 0.29) is 0 Å². The van der Waals surface area contributed by atoms with Gasteiger partial charge in [-0.15, -0.1) is 0 Å². The number of aryl methyl sites for hydroxylation is 2. The molecule has 0 spiro atoms. The highest BCUT2D eigenvalue weighted by atomic mass is 16.5. The van der Waals surface area contributed by atoms with Gasteiger partial charge in [-0.05, 0) is 19.4 Å². The molecule has 3 heterocycles. The highest BCUT2D eigenvalue weighted by molar-refractivity contribution is 5.72. The van der Waals surface area contributed by atoms with Gasteiger partial charge in [0.2, 0.25) is 0 Å². The maximum atomic E-state index is 5.21. The van der Waals surface area contributed by atoms with Gasteiger partial charge < -0.3 is 9.64 Å². The monoisotopic (exact) mass is 406 g/mol. The van der Waals surface area contributed by atoms with Crippen LogP contribution < -0.4 is 4.90 Å². The van der Waals surface area contributed by atoms with Gasteiger partial charge in [-0.25, -0.2) is 4.98 Å². The van der Waals surface area contributed by atoms with E-state index in [2.05, 4.69) is 63.0 Å². The van der Waals surface area contributed by atoms with Gasteiger partial charge in [0.05, 0.1) is 12.3 Å². The number of methoxy groups -OCH3 is 1. The standard InChI is InChI=1S/C23H30N6O/c1-17-21(18(2)27(3)26-17)15-28-11-13-29(14-12-28)23-22(24-9-10-25-23)20-7-5-19(6-8-20)16-30-4/h5-10H,11-16H2,1-4H3. The molecule has 7 heteroatoms. The van der Waals surface area contributed by atoms with E-state index >= 15 is 0 Å². The van der Waals surface area contributed by atoms with E-state index in [4.69, 9.17) is 4.74 Å². The summed E-state index contributed by atoms with van der Waals surface area (Å²) in [5.41, 5.74) is 6.91. The molecule has 2 aromatic heterocycles. The van der Waals surface area contributed by atoms with E-state index in [1.807, 2.05) is 11.7 Å². The number of rotatable bonds is 6. The van der Waals surface area contributed by atoms with Gasteiger partial charge in [-0.3, -0.25) is 14.6 Å². The molecule has 3 aromatic rings. The van der Waals surface area contributed by atoms with Gasteiger partial charge >= 0.3 is 0 Å². The molecule has 30 heavy (non-hydrogen) atoms. The Bertz CT molecular complexity index is 989. The number of piperazine rings is 1. The van der Waals surface area contributed by atoms with Crippen LogP contribution in [0.4, 0.5) is 5.82 Å². The Labute approximate surface area is 178 Å². The Kier molecular flexibility index (Phi) is 6.11. The molecule has 7 nitrogen and oxygen atoms in total. The molecule has 4 rings (SSSR count). The third-order valence-electron chi connectivity index (χ3n) is 5.93. The average molecular weight is 407 g/mol. The normalized spacial score (nSPS) is 15.0. The second-order valence-electron chi connectivity index (χ2n) is 7.89. The first-order chi connectivity index (χ1) is 14.6. The molecule has 0 saturated carbocycles. The summed E-state index contributed by atoms with van der Waals surface area (Å²) in [6.45, 7) is 9.68. The molecule has 0 atom stereocenters. The number of hydrogen-bond donors (Lipinski definition) is 0. The lowest BCUT2D eigenvalue weighted by Gasteiger charge is -2.36. The van der Waals surface area contributed by atoms with Crippen molar-refractivity contribution in [2.75, 3.05) is 38.2 Å². The van der Waals surface area contributed by atoms with E-state index in [1.165, 1.54) is 11.3 Å². The SMILES string of the molecule is COCc1ccc(-c2nccnc2N2CCN(Cc3c(C)nn(C)c3C)CC2)cc1. The Hall–Kier alpha value is -2.77. The van der Waals surface area contributed by atoms with Crippen molar-refractivity contribution in [2.45, 2.75) is 27.0 Å². The number of benzene rings is 1. The van der Waals surface area contributed by atoms with Gasteiger partial charge in [0.1, 0.15) is 5.69 Å². The molecule has 0 radical (unpaired) electrons. The lowest BCUT2D eigenvalue weighted by atomic mass is 10.1. The summed E-state index contributed by atoms with van der Waals surface area (Å²) >= 11 is 0. The quantitative estimate of drug-likeness (QED) is 0.627. The van der Waals surface area contributed by atoms with Crippen molar-refractivity contribution < 1.29 is 4.74 Å². The number of aromatic nitrogens is 4. The molecule has 1 saturated heterocycles. The lowest BCUT2D eigenvalue weighted by molar-refractivity contribution is 0.185. The van der Waals surface area contributed by atoms with Crippen molar-refractivity contribution in [1.29, 1.82) is 0 Å². The van der Waals surface area contributed by atoms with Crippen LogP contribution in [0.2, 0.25) is 0 Å². The number of nitrogens with zero attached hydrogens (tertiary/aromatic N) is 6. The smallest absolute Gasteiger partial charge is 0.155 e. The van der Waals surface area contributed by atoms with Crippen molar-refractivity contribution in [3.8, 4) is 11.3 Å². The minimum Gasteiger partial charge on any atom is -0.380 e. The minimum atomic E-state index is 0.617. The van der Waals surface area contributed by atoms with Crippen molar-refractivity contribution in [1.82, 2.24) is 24.6 Å². The Morgan fingerprint density at radius 1 is 0.967 bits per heavy atom. The molecule has 1 fully saturated rings. The average Bonchev–Trinajstić information content (AvgIpc) is 3.01. The fourth-order valence-corrected chi connectivity index (χ4v) is 4.08. The van der Waals surface area contributed by atoms with Crippen molar-refractivity contribution >= 4 is 5.82 Å². The van der Waals surface area contributed by atoms with Gasteiger partial charge in [-0.2, -0.15) is 5.10 Å². The highest BCUT2D eigenvalue weighted by Crippen LogP contribution is 2.28. The third kappa shape index (κ3) is 4.22. The fraction of sp³-hybridized carbons (Fsp3) is 0.435. The number of anilines is 1. The molecule has 1 aliphatic heterocycles. The van der Waals surface area contributed by atoms with Crippen molar-refractivity contribution in [3.63, 3.8) is 0 Å². The molecule has 158 valence electrons. The predicted octanol–water partition coefficient (Wildman–Crippen LogP) is 2.96. The number of ether oxygens (including phenoxy) is 1. The second-order valence-corrected chi connectivity index (χ2v) is 7.89. The highest BCUT2D eigenvalue weighted by Gasteiger charge is 2.23. The fourth-order valence-electron chi connectivity index (χ4n) is 4.08. The second kappa shape index (κ2) is 8.93. The Morgan fingerprint density at radius 3 is 2.30 bits per heavy atom. The van der Waals surface area contributed by atoms with Crippen molar-refractivity contribution in [2.24, 2.45) is 7.05 Å². The lowest BCUT2D eigenvalue weighted by Crippen LogP contribution is -2.46. The molecular weight excluding hydrogens is 376 g/mol. The summed E-state index contributed by atoms with van der Waals surface area (Å²) < 4.78 is 7.19. The van der Waals surface area contributed by atoms with Gasteiger partial charge in [-0.1, -0.05) is 24.3 Å². The largest absolute Gasteiger partial charge is 0.380 e. The van der Waals surface area contributed by atoms with Gasteiger partial charge in [0.15, 0.2) is 5.82 Å². The zero-order valence-electron chi connectivity index (χ0n) is 18.3. The van der Waals surface area contributed by atoms with Gasteiger partial charge in [0, 0.05) is 76.1 Å². The van der Waals surface area contributed by atoms with Crippen molar-refractivity contribution in [3.05, 3.63) is 59.2 Å². The van der Waals surface area contributed by atoms with E-state index in [9.17, 15) is 0 Å². The summed E-state index contributed by atoms with van der Waals surface area (Å²) in [5.74, 6) is 0.963. The summed E-state index contributed by atoms with van der Waals surface area (Å²) in [4.78, 5) is 14.2. The molecule has 0 aliphatic carbocycles. The first-order valence-electron chi connectivity index (χ1n) is 10.4. The van der Waals surface area contributed by atoms with Crippen LogP contribution in [0, 0.1) is 13.8 Å². The van der Waals surface area contributed by atoms with Crippen LogP contribution in [0.5, 0.6) is 0 Å². The summed E-state index contributed by atoms with van der Waals surface area (Å²) in [6, 6.07) is 8.39. The van der Waals surface area contributed by atoms with E-state index < -0.39 is 0 Å². The summed E-state index contributed by atoms with van der Waals surface area (Å²) in [5, 5.41) is 4.56. The van der Waals surface area contributed by atoms with Crippen LogP contribution in [0.25, 0.3) is 11.3 Å². The zero-order chi connectivity index (χ0) is 21.1. The van der Waals surface area contributed by atoms with Crippen LogP contribution in [-0.4, -0.2) is 57.9 Å². The molecule has 0 bridgehead atoms. The Morgan fingerprint density at radius 2 is 1.67 bits per heavy atom. The molecule has 0 amide bonds. The third-order valence-corrected chi connectivity index (χ3v) is 5.93. The first kappa shape index (κ1) is 20.5. The van der Waals surface area contributed by atoms with Crippen LogP contribution >= 0.6 is 0 Å². The summed E-state index contributed by atoms with van der Waals surface area (Å²) in [6.07, 6.45) is 3.55. The maximum Gasteiger partial charge on any atom is 0.155 e. The number of hydrogen-bond acceptors (Lipinski definition) is 6. The van der Waals surface area contributed by atoms with Gasteiger partial charge in [0.25, 0.3) is 0 Å². The molecule has 0 unspecified atom stereocenters. The molecular formula is C23H30N6O. The first-order valence-corrected chi connectivity index (χ1v) is 10.4. The van der Waals surface area contributed by atoms with E-state index in [0.717, 1.165) is 61.1 Å². The van der Waals surface area contributed by atoms with E-state index in [1.54, 1.807) is 19.5 Å². The van der Waals surface area contributed by atoms with Crippen LogP contribution in [0.3, 0.4) is 0 Å². The Balaban J connectivity index is 1.46. The van der Waals surface area contributed by atoms with E-state index in [0.29, 0.717) is 6.61 Å². The molecule has 1 aromatic carbocycles. The predicted molar refractivity (Wildman–Crippen MR) is 118 cm³/mol. The molecule has 0 N–H and O–H groups in total. The zero-order valence-corrected chi connectivity index (χ0v) is 18.3. The van der Waals surface area contributed by atoms with Crippen LogP contribution in [-0.2, 0) is 24.9 Å². The van der Waals surface area contributed by atoms with Crippen LogP contribution in [0.1, 0.15) is 22.5 Å².